The van der Waals surface area contributed by atoms with Gasteiger partial charge in [-0.05, 0) is 36.4 Å². The molecule has 1 amide bonds. The van der Waals surface area contributed by atoms with Crippen LogP contribution in [0.3, 0.4) is 0 Å². The number of carbonyl (C=O) groups excluding carboxylic acids is 2. The molecule has 0 saturated carbocycles. The number of carbonyl (C=O) groups is 2. The molecular formula is C18H12N2O6. The van der Waals surface area contributed by atoms with E-state index in [-0.39, 0.29) is 17.0 Å². The van der Waals surface area contributed by atoms with Crippen LogP contribution in [0, 0.1) is 10.1 Å². The second-order valence-corrected chi connectivity index (χ2v) is 5.10. The molecule has 0 fully saturated rings. The zero-order valence-electron chi connectivity index (χ0n) is 13.3. The van der Waals surface area contributed by atoms with Crippen molar-refractivity contribution in [2.24, 2.45) is 0 Å². The van der Waals surface area contributed by atoms with Gasteiger partial charge in [0.05, 0.1) is 16.9 Å². The van der Waals surface area contributed by atoms with E-state index in [1.165, 1.54) is 42.7 Å². The summed E-state index contributed by atoms with van der Waals surface area (Å²) in [5.74, 6) is -1.58. The highest BCUT2D eigenvalue weighted by Crippen LogP contribution is 2.20. The van der Waals surface area contributed by atoms with Gasteiger partial charge in [-0.2, -0.15) is 0 Å². The number of amides is 1. The molecule has 26 heavy (non-hydrogen) atoms. The molecule has 3 rings (SSSR count). The maximum Gasteiger partial charge on any atom is 0.398 e. The third-order valence-electron chi connectivity index (χ3n) is 3.40. The topological polar surface area (TPSA) is 103 Å². The van der Waals surface area contributed by atoms with Gasteiger partial charge < -0.3 is 9.25 Å². The fourth-order valence-corrected chi connectivity index (χ4v) is 2.14. The average molecular weight is 352 g/mol. The molecule has 0 spiro atoms. The number of nitrogens with zero attached hydrogens (tertiary/aromatic N) is 2. The Morgan fingerprint density at radius 2 is 1.65 bits per heavy atom. The Morgan fingerprint density at radius 3 is 2.23 bits per heavy atom. The summed E-state index contributed by atoms with van der Waals surface area (Å²) in [7, 11) is 0. The van der Waals surface area contributed by atoms with Crippen LogP contribution >= 0.6 is 0 Å². The van der Waals surface area contributed by atoms with Crippen LogP contribution in [-0.4, -0.2) is 16.8 Å². The fourth-order valence-electron chi connectivity index (χ4n) is 2.14. The van der Waals surface area contributed by atoms with E-state index in [9.17, 15) is 19.7 Å². The van der Waals surface area contributed by atoms with E-state index >= 15 is 0 Å². The summed E-state index contributed by atoms with van der Waals surface area (Å²) in [6.07, 6.45) is 1.31. The highest BCUT2D eigenvalue weighted by atomic mass is 16.7. The molecular weight excluding hydrogens is 340 g/mol. The van der Waals surface area contributed by atoms with Gasteiger partial charge in [0, 0.05) is 17.7 Å². The number of anilines is 1. The minimum absolute atomic E-state index is 0.0672. The van der Waals surface area contributed by atoms with Gasteiger partial charge in [0.2, 0.25) is 5.76 Å². The Kier molecular flexibility index (Phi) is 4.75. The maximum absolute atomic E-state index is 12.8. The summed E-state index contributed by atoms with van der Waals surface area (Å²) >= 11 is 0. The molecule has 0 aliphatic rings. The zero-order chi connectivity index (χ0) is 18.5. The molecule has 0 radical (unpaired) electrons. The van der Waals surface area contributed by atoms with E-state index < -0.39 is 16.8 Å². The van der Waals surface area contributed by atoms with E-state index in [0.29, 0.717) is 5.69 Å². The van der Waals surface area contributed by atoms with Crippen molar-refractivity contribution in [1.29, 1.82) is 0 Å². The first-order valence-corrected chi connectivity index (χ1v) is 7.46. The molecule has 8 nitrogen and oxygen atoms in total. The molecule has 0 unspecified atom stereocenters. The Bertz CT molecular complexity index is 920. The standard InChI is InChI=1S/C18H12N2O6/c21-17(13-8-10-15(11-9-13)20(23)24)19(14-5-2-1-3-6-14)26-18(22)16-7-4-12-25-16/h1-12H. The van der Waals surface area contributed by atoms with E-state index in [1.807, 2.05) is 0 Å². The SMILES string of the molecule is O=C(ON(C(=O)c1ccc([N+](=O)[O-])cc1)c1ccccc1)c1ccco1. The van der Waals surface area contributed by atoms with Crippen LogP contribution in [0.1, 0.15) is 20.9 Å². The number of hydroxylamine groups is 1. The molecule has 0 atom stereocenters. The molecule has 8 heteroatoms. The third kappa shape index (κ3) is 3.59. The van der Waals surface area contributed by atoms with Crippen LogP contribution in [0.5, 0.6) is 0 Å². The first-order valence-electron chi connectivity index (χ1n) is 7.46. The van der Waals surface area contributed by atoms with Crippen molar-refractivity contribution in [3.8, 4) is 0 Å². The predicted molar refractivity (Wildman–Crippen MR) is 90.5 cm³/mol. The van der Waals surface area contributed by atoms with Crippen LogP contribution in [-0.2, 0) is 4.84 Å². The number of nitro groups is 1. The smallest absolute Gasteiger partial charge is 0.398 e. The van der Waals surface area contributed by atoms with Crippen molar-refractivity contribution in [2.75, 3.05) is 5.06 Å². The highest BCUT2D eigenvalue weighted by molar-refractivity contribution is 6.06. The van der Waals surface area contributed by atoms with Gasteiger partial charge in [0.15, 0.2) is 0 Å². The molecule has 130 valence electrons. The zero-order valence-corrected chi connectivity index (χ0v) is 13.3. The number of non-ortho nitro benzene ring substituents is 1. The van der Waals surface area contributed by atoms with Crippen molar-refractivity contribution in [3.05, 3.63) is 94.4 Å². The third-order valence-corrected chi connectivity index (χ3v) is 3.40. The summed E-state index contributed by atoms with van der Waals surface area (Å²) in [4.78, 5) is 40.3. The van der Waals surface area contributed by atoms with Crippen molar-refractivity contribution in [2.45, 2.75) is 0 Å². The van der Waals surface area contributed by atoms with Gasteiger partial charge >= 0.3 is 5.97 Å². The second-order valence-electron chi connectivity index (χ2n) is 5.10. The van der Waals surface area contributed by atoms with Crippen LogP contribution in [0.15, 0.2) is 77.4 Å². The van der Waals surface area contributed by atoms with Crippen molar-refractivity contribution >= 4 is 23.3 Å². The van der Waals surface area contributed by atoms with E-state index in [4.69, 9.17) is 9.25 Å². The number of nitro benzene ring substituents is 1. The molecule has 0 aliphatic carbocycles. The summed E-state index contributed by atoms with van der Waals surface area (Å²) in [6.45, 7) is 0. The quantitative estimate of drug-likeness (QED) is 0.525. The average Bonchev–Trinajstić information content (AvgIpc) is 3.21. The van der Waals surface area contributed by atoms with Crippen LogP contribution in [0.2, 0.25) is 0 Å². The van der Waals surface area contributed by atoms with Crippen LogP contribution < -0.4 is 5.06 Å². The minimum atomic E-state index is -0.853. The van der Waals surface area contributed by atoms with E-state index in [0.717, 1.165) is 5.06 Å². The number of hydrogen-bond donors (Lipinski definition) is 0. The molecule has 2 aromatic carbocycles. The number of rotatable bonds is 4. The largest absolute Gasteiger partial charge is 0.457 e. The van der Waals surface area contributed by atoms with Gasteiger partial charge in [-0.3, -0.25) is 14.9 Å². The fraction of sp³-hybridized carbons (Fsp3) is 0. The summed E-state index contributed by atoms with van der Waals surface area (Å²) < 4.78 is 4.97. The van der Waals surface area contributed by atoms with Gasteiger partial charge in [-0.15, -0.1) is 5.06 Å². The number of para-hydroxylation sites is 1. The number of benzene rings is 2. The lowest BCUT2D eigenvalue weighted by Gasteiger charge is -2.20. The van der Waals surface area contributed by atoms with E-state index in [2.05, 4.69) is 0 Å². The number of hydrogen-bond acceptors (Lipinski definition) is 6. The summed E-state index contributed by atoms with van der Waals surface area (Å²) in [5.41, 5.74) is 0.280. The van der Waals surface area contributed by atoms with E-state index in [1.54, 1.807) is 30.3 Å². The molecule has 0 saturated heterocycles. The first kappa shape index (κ1) is 16.9. The molecule has 3 aromatic rings. The van der Waals surface area contributed by atoms with Crippen LogP contribution in [0.4, 0.5) is 11.4 Å². The van der Waals surface area contributed by atoms with Crippen molar-refractivity contribution < 1.29 is 23.8 Å². The van der Waals surface area contributed by atoms with Gasteiger partial charge in [0.1, 0.15) is 0 Å². The Hall–Kier alpha value is -3.94. The monoisotopic (exact) mass is 352 g/mol. The lowest BCUT2D eigenvalue weighted by Crippen LogP contribution is -2.33. The summed E-state index contributed by atoms with van der Waals surface area (Å²) in [5, 5.41) is 11.6. The van der Waals surface area contributed by atoms with Crippen molar-refractivity contribution in [1.82, 2.24) is 0 Å². The Morgan fingerprint density at radius 1 is 0.962 bits per heavy atom. The second kappa shape index (κ2) is 7.31. The number of furan rings is 1. The van der Waals surface area contributed by atoms with Crippen LogP contribution in [0.25, 0.3) is 0 Å². The Balaban J connectivity index is 1.91. The molecule has 0 bridgehead atoms. The Labute approximate surface area is 147 Å². The molecule has 0 aliphatic heterocycles. The summed E-state index contributed by atoms with van der Waals surface area (Å²) in [6, 6.07) is 16.1. The normalized spacial score (nSPS) is 10.2. The van der Waals surface area contributed by atoms with Gasteiger partial charge in [0.25, 0.3) is 11.6 Å². The van der Waals surface area contributed by atoms with Gasteiger partial charge in [-0.25, -0.2) is 4.79 Å². The highest BCUT2D eigenvalue weighted by Gasteiger charge is 2.25. The maximum atomic E-state index is 12.8. The lowest BCUT2D eigenvalue weighted by molar-refractivity contribution is -0.384. The predicted octanol–water partition coefficient (Wildman–Crippen LogP) is 3.61. The van der Waals surface area contributed by atoms with Crippen molar-refractivity contribution in [3.63, 3.8) is 0 Å². The van der Waals surface area contributed by atoms with Gasteiger partial charge in [-0.1, -0.05) is 18.2 Å². The molecule has 0 N–H and O–H groups in total. The molecule has 1 aromatic heterocycles. The molecule has 1 heterocycles. The minimum Gasteiger partial charge on any atom is -0.457 e. The lowest BCUT2D eigenvalue weighted by atomic mass is 10.2. The first-order chi connectivity index (χ1) is 12.6.